The van der Waals surface area contributed by atoms with Gasteiger partial charge in [-0.25, -0.2) is 14.3 Å². The van der Waals surface area contributed by atoms with Crippen LogP contribution in [0.5, 0.6) is 28.9 Å². The minimum atomic E-state index is -0.352. The van der Waals surface area contributed by atoms with Crippen LogP contribution in [0.2, 0.25) is 0 Å². The summed E-state index contributed by atoms with van der Waals surface area (Å²) in [6, 6.07) is 6.95. The lowest BCUT2D eigenvalue weighted by atomic mass is 10.1. The summed E-state index contributed by atoms with van der Waals surface area (Å²) in [7, 11) is 6.14. The molecule has 0 saturated carbocycles. The van der Waals surface area contributed by atoms with Gasteiger partial charge >= 0.3 is 5.69 Å². The van der Waals surface area contributed by atoms with E-state index in [1.165, 1.54) is 23.4 Å². The topological polar surface area (TPSA) is 106 Å². The standard InChI is InChI=1S/C23H29N3O7/c1-15-22(27)26(18-9-6-7-10-24-18)23(28)25(15)11-8-12-33-14-16-13-17(29-2)20(31-4)21(32-5)19(16)30-3/h6-7,9-10,13,27H,8,11-12,14H2,1-5H3. The largest absolute Gasteiger partial charge is 0.493 e. The highest BCUT2D eigenvalue weighted by Gasteiger charge is 2.22. The summed E-state index contributed by atoms with van der Waals surface area (Å²) >= 11 is 0. The summed E-state index contributed by atoms with van der Waals surface area (Å²) in [6.07, 6.45) is 2.12. The fourth-order valence-corrected chi connectivity index (χ4v) is 3.61. The third-order valence-corrected chi connectivity index (χ3v) is 5.23. The molecule has 2 aromatic heterocycles. The number of aromatic hydroxyl groups is 1. The molecule has 0 atom stereocenters. The minimum absolute atomic E-state index is 0.123. The van der Waals surface area contributed by atoms with Crippen LogP contribution in [0.25, 0.3) is 5.82 Å². The Hall–Kier alpha value is -3.66. The van der Waals surface area contributed by atoms with Gasteiger partial charge in [0.1, 0.15) is 5.82 Å². The zero-order chi connectivity index (χ0) is 24.0. The molecule has 1 aromatic carbocycles. The number of nitrogens with zero attached hydrogens (tertiary/aromatic N) is 3. The summed E-state index contributed by atoms with van der Waals surface area (Å²) in [5.74, 6) is 2.11. The fraction of sp³-hybridized carbons (Fsp3) is 0.391. The Morgan fingerprint density at radius 1 is 1.00 bits per heavy atom. The molecule has 0 aliphatic carbocycles. The molecule has 0 bridgehead atoms. The molecule has 178 valence electrons. The number of benzene rings is 1. The van der Waals surface area contributed by atoms with E-state index in [1.54, 1.807) is 51.6 Å². The number of imidazole rings is 1. The molecular weight excluding hydrogens is 430 g/mol. The van der Waals surface area contributed by atoms with Gasteiger partial charge in [-0.15, -0.1) is 0 Å². The molecule has 2 heterocycles. The summed E-state index contributed by atoms with van der Waals surface area (Å²) in [5.41, 5.74) is 0.853. The first kappa shape index (κ1) is 24.0. The van der Waals surface area contributed by atoms with E-state index in [-0.39, 0.29) is 18.2 Å². The van der Waals surface area contributed by atoms with Gasteiger partial charge in [-0.2, -0.15) is 0 Å². The fourth-order valence-electron chi connectivity index (χ4n) is 3.61. The highest BCUT2D eigenvalue weighted by molar-refractivity contribution is 5.62. The molecule has 0 aliphatic heterocycles. The van der Waals surface area contributed by atoms with E-state index in [0.29, 0.717) is 54.1 Å². The molecule has 0 amide bonds. The lowest BCUT2D eigenvalue weighted by Crippen LogP contribution is -2.24. The molecular formula is C23H29N3O7. The molecule has 3 aromatic rings. The van der Waals surface area contributed by atoms with Crippen molar-refractivity contribution in [3.63, 3.8) is 0 Å². The number of methoxy groups -OCH3 is 4. The predicted octanol–water partition coefficient (Wildman–Crippen LogP) is 2.69. The van der Waals surface area contributed by atoms with Crippen molar-refractivity contribution in [2.24, 2.45) is 0 Å². The van der Waals surface area contributed by atoms with Crippen molar-refractivity contribution in [2.75, 3.05) is 35.0 Å². The molecule has 33 heavy (non-hydrogen) atoms. The number of hydrogen-bond acceptors (Lipinski definition) is 8. The maximum Gasteiger partial charge on any atom is 0.337 e. The van der Waals surface area contributed by atoms with E-state index in [9.17, 15) is 9.90 Å². The number of rotatable bonds is 11. The quantitative estimate of drug-likeness (QED) is 0.436. The van der Waals surface area contributed by atoms with Crippen LogP contribution in [-0.4, -0.2) is 54.3 Å². The van der Waals surface area contributed by atoms with Crippen LogP contribution in [0.3, 0.4) is 0 Å². The highest BCUT2D eigenvalue weighted by atomic mass is 16.5. The normalized spacial score (nSPS) is 10.8. The van der Waals surface area contributed by atoms with E-state index in [0.717, 1.165) is 5.56 Å². The van der Waals surface area contributed by atoms with Crippen LogP contribution < -0.4 is 24.6 Å². The molecule has 0 aliphatic rings. The van der Waals surface area contributed by atoms with Crippen LogP contribution in [0.1, 0.15) is 17.7 Å². The van der Waals surface area contributed by atoms with Crippen LogP contribution in [-0.2, 0) is 17.9 Å². The Morgan fingerprint density at radius 3 is 2.33 bits per heavy atom. The monoisotopic (exact) mass is 459 g/mol. The first-order valence-electron chi connectivity index (χ1n) is 10.3. The number of pyridine rings is 1. The van der Waals surface area contributed by atoms with Gasteiger partial charge in [0.05, 0.1) is 40.7 Å². The minimum Gasteiger partial charge on any atom is -0.493 e. The second-order valence-corrected chi connectivity index (χ2v) is 7.11. The zero-order valence-electron chi connectivity index (χ0n) is 19.5. The van der Waals surface area contributed by atoms with Gasteiger partial charge in [-0.05, 0) is 31.5 Å². The van der Waals surface area contributed by atoms with Crippen molar-refractivity contribution in [3.05, 3.63) is 52.2 Å². The Balaban J connectivity index is 1.68. The van der Waals surface area contributed by atoms with E-state index in [4.69, 9.17) is 23.7 Å². The molecule has 0 spiro atoms. The second kappa shape index (κ2) is 10.8. The maximum atomic E-state index is 12.8. The van der Waals surface area contributed by atoms with E-state index < -0.39 is 0 Å². The Kier molecular flexibility index (Phi) is 7.83. The third-order valence-electron chi connectivity index (χ3n) is 5.23. The van der Waals surface area contributed by atoms with E-state index in [1.807, 2.05) is 0 Å². The number of aromatic nitrogens is 3. The molecule has 1 N–H and O–H groups in total. The van der Waals surface area contributed by atoms with Gasteiger partial charge in [0.15, 0.2) is 11.5 Å². The van der Waals surface area contributed by atoms with E-state index >= 15 is 0 Å². The Bertz CT molecular complexity index is 1140. The highest BCUT2D eigenvalue weighted by Crippen LogP contribution is 2.46. The zero-order valence-corrected chi connectivity index (χ0v) is 19.5. The lowest BCUT2D eigenvalue weighted by molar-refractivity contribution is 0.113. The molecule has 10 nitrogen and oxygen atoms in total. The predicted molar refractivity (Wildman–Crippen MR) is 121 cm³/mol. The summed E-state index contributed by atoms with van der Waals surface area (Å²) in [4.78, 5) is 17.0. The van der Waals surface area contributed by atoms with Crippen molar-refractivity contribution in [1.29, 1.82) is 0 Å². The van der Waals surface area contributed by atoms with Crippen LogP contribution in [0, 0.1) is 6.92 Å². The molecule has 10 heteroatoms. The SMILES string of the molecule is COc1cc(COCCCn2c(C)c(O)n(-c3ccccn3)c2=O)c(OC)c(OC)c1OC. The average Bonchev–Trinajstić information content (AvgIpc) is 3.05. The van der Waals surface area contributed by atoms with Gasteiger partial charge in [0, 0.05) is 24.9 Å². The van der Waals surface area contributed by atoms with Gasteiger partial charge in [0.25, 0.3) is 0 Å². The van der Waals surface area contributed by atoms with Crippen molar-refractivity contribution in [3.8, 4) is 34.7 Å². The third kappa shape index (κ3) is 4.75. The Morgan fingerprint density at radius 2 is 1.73 bits per heavy atom. The van der Waals surface area contributed by atoms with Gasteiger partial charge < -0.3 is 28.8 Å². The second-order valence-electron chi connectivity index (χ2n) is 7.11. The van der Waals surface area contributed by atoms with Crippen LogP contribution in [0.15, 0.2) is 35.3 Å². The molecule has 0 unspecified atom stereocenters. The average molecular weight is 459 g/mol. The summed E-state index contributed by atoms with van der Waals surface area (Å²) in [6.45, 7) is 2.69. The van der Waals surface area contributed by atoms with E-state index in [2.05, 4.69) is 4.98 Å². The number of ether oxygens (including phenoxy) is 5. The summed E-state index contributed by atoms with van der Waals surface area (Å²) < 4.78 is 30.3. The summed E-state index contributed by atoms with van der Waals surface area (Å²) in [5, 5.41) is 10.4. The lowest BCUT2D eigenvalue weighted by Gasteiger charge is -2.18. The molecule has 0 fully saturated rings. The van der Waals surface area contributed by atoms with Crippen LogP contribution in [0.4, 0.5) is 0 Å². The van der Waals surface area contributed by atoms with Gasteiger partial charge in [0.2, 0.25) is 17.4 Å². The first-order chi connectivity index (χ1) is 16.0. The van der Waals surface area contributed by atoms with Gasteiger partial charge in [-0.3, -0.25) is 4.57 Å². The first-order valence-corrected chi connectivity index (χ1v) is 10.3. The molecule has 0 saturated heterocycles. The number of hydrogen-bond donors (Lipinski definition) is 1. The van der Waals surface area contributed by atoms with Crippen molar-refractivity contribution < 1.29 is 28.8 Å². The van der Waals surface area contributed by atoms with Gasteiger partial charge in [-0.1, -0.05) is 6.07 Å². The molecule has 0 radical (unpaired) electrons. The van der Waals surface area contributed by atoms with Crippen molar-refractivity contribution in [1.82, 2.24) is 14.1 Å². The Labute approximate surface area is 191 Å². The van der Waals surface area contributed by atoms with Crippen molar-refractivity contribution >= 4 is 0 Å². The molecule has 3 rings (SSSR count). The smallest absolute Gasteiger partial charge is 0.337 e. The van der Waals surface area contributed by atoms with Crippen molar-refractivity contribution in [2.45, 2.75) is 26.5 Å². The van der Waals surface area contributed by atoms with Crippen LogP contribution >= 0.6 is 0 Å². The maximum absolute atomic E-state index is 12.8.